The van der Waals surface area contributed by atoms with Crippen LogP contribution < -0.4 is 5.32 Å². The highest BCUT2D eigenvalue weighted by Gasteiger charge is 2.41. The zero-order valence-corrected chi connectivity index (χ0v) is 11.0. The summed E-state index contributed by atoms with van der Waals surface area (Å²) < 4.78 is 5.91. The van der Waals surface area contributed by atoms with Gasteiger partial charge in [-0.2, -0.15) is 0 Å². The van der Waals surface area contributed by atoms with Crippen LogP contribution in [0.25, 0.3) is 0 Å². The predicted molar refractivity (Wildman–Crippen MR) is 69.2 cm³/mol. The number of nitrogens with zero attached hydrogens (tertiary/aromatic N) is 1. The van der Waals surface area contributed by atoms with Gasteiger partial charge in [-0.15, -0.1) is 0 Å². The Morgan fingerprint density at radius 2 is 2.00 bits per heavy atom. The van der Waals surface area contributed by atoms with Gasteiger partial charge in [0.15, 0.2) is 0 Å². The summed E-state index contributed by atoms with van der Waals surface area (Å²) >= 11 is 0. The minimum atomic E-state index is 0.536. The molecule has 0 aromatic heterocycles. The molecule has 0 aromatic rings. The van der Waals surface area contributed by atoms with E-state index in [1.807, 2.05) is 0 Å². The van der Waals surface area contributed by atoms with Crippen LogP contribution in [-0.2, 0) is 4.74 Å². The van der Waals surface area contributed by atoms with Gasteiger partial charge in [-0.1, -0.05) is 6.92 Å². The summed E-state index contributed by atoms with van der Waals surface area (Å²) in [5.74, 6) is 0. The van der Waals surface area contributed by atoms with Crippen molar-refractivity contribution in [1.82, 2.24) is 10.2 Å². The van der Waals surface area contributed by atoms with Crippen molar-refractivity contribution >= 4 is 0 Å². The predicted octanol–water partition coefficient (Wildman–Crippen LogP) is 1.77. The summed E-state index contributed by atoms with van der Waals surface area (Å²) in [6.45, 7) is 6.13. The maximum Gasteiger partial charge on any atom is 0.0733 e. The molecule has 3 rings (SSSR count). The second kappa shape index (κ2) is 5.25. The first-order valence-electron chi connectivity index (χ1n) is 7.49. The molecule has 3 fully saturated rings. The first-order chi connectivity index (χ1) is 8.35. The van der Waals surface area contributed by atoms with Gasteiger partial charge in [0.2, 0.25) is 0 Å². The first-order valence-corrected chi connectivity index (χ1v) is 7.49. The molecule has 3 aliphatic rings. The molecule has 3 nitrogen and oxygen atoms in total. The Hall–Kier alpha value is -0.120. The molecule has 0 radical (unpaired) electrons. The Morgan fingerprint density at radius 3 is 2.59 bits per heavy atom. The lowest BCUT2D eigenvalue weighted by atomic mass is 9.93. The zero-order chi connectivity index (χ0) is 11.7. The van der Waals surface area contributed by atoms with Crippen LogP contribution in [0.3, 0.4) is 0 Å². The van der Waals surface area contributed by atoms with Crippen LogP contribution in [0.1, 0.15) is 45.4 Å². The molecular formula is C14H26N2O. The molecule has 0 aromatic carbocycles. The van der Waals surface area contributed by atoms with Gasteiger partial charge in [0, 0.05) is 12.1 Å². The molecule has 0 saturated carbocycles. The molecule has 3 unspecified atom stereocenters. The van der Waals surface area contributed by atoms with Crippen LogP contribution in [0.15, 0.2) is 0 Å². The van der Waals surface area contributed by atoms with Gasteiger partial charge < -0.3 is 15.0 Å². The van der Waals surface area contributed by atoms with E-state index in [1.54, 1.807) is 0 Å². The number of nitrogens with one attached hydrogen (secondary N) is 1. The molecule has 3 heterocycles. The van der Waals surface area contributed by atoms with E-state index in [0.717, 1.165) is 6.04 Å². The van der Waals surface area contributed by atoms with Gasteiger partial charge in [0.05, 0.1) is 12.2 Å². The summed E-state index contributed by atoms with van der Waals surface area (Å²) in [7, 11) is 0. The topological polar surface area (TPSA) is 24.5 Å². The molecule has 3 heteroatoms. The van der Waals surface area contributed by atoms with Gasteiger partial charge in [-0.05, 0) is 58.2 Å². The number of hydrogen-bond donors (Lipinski definition) is 1. The Morgan fingerprint density at radius 1 is 1.18 bits per heavy atom. The summed E-state index contributed by atoms with van der Waals surface area (Å²) in [6, 6.07) is 1.41. The molecule has 3 aliphatic heterocycles. The second-order valence-electron chi connectivity index (χ2n) is 6.00. The van der Waals surface area contributed by atoms with Crippen molar-refractivity contribution in [3.05, 3.63) is 0 Å². The molecule has 3 atom stereocenters. The monoisotopic (exact) mass is 238 g/mol. The van der Waals surface area contributed by atoms with E-state index in [4.69, 9.17) is 4.74 Å². The van der Waals surface area contributed by atoms with E-state index < -0.39 is 0 Å². The van der Waals surface area contributed by atoms with Crippen LogP contribution >= 0.6 is 0 Å². The Kier molecular flexibility index (Phi) is 3.69. The third-order valence-corrected chi connectivity index (χ3v) is 4.68. The molecule has 0 amide bonds. The molecule has 0 aliphatic carbocycles. The van der Waals surface area contributed by atoms with Gasteiger partial charge in [0.25, 0.3) is 0 Å². The molecular weight excluding hydrogens is 212 g/mol. The van der Waals surface area contributed by atoms with Gasteiger partial charge in [0.1, 0.15) is 0 Å². The van der Waals surface area contributed by atoms with Crippen molar-refractivity contribution in [2.24, 2.45) is 0 Å². The summed E-state index contributed by atoms with van der Waals surface area (Å²) in [4.78, 5) is 2.61. The van der Waals surface area contributed by atoms with E-state index in [1.165, 1.54) is 58.2 Å². The summed E-state index contributed by atoms with van der Waals surface area (Å²) in [5, 5.41) is 3.86. The number of piperidine rings is 1. The largest absolute Gasteiger partial charge is 0.373 e. The van der Waals surface area contributed by atoms with Crippen LogP contribution in [0.4, 0.5) is 0 Å². The molecule has 1 N–H and O–H groups in total. The van der Waals surface area contributed by atoms with Crippen molar-refractivity contribution in [2.75, 3.05) is 19.6 Å². The Bertz CT molecular complexity index is 251. The fourth-order valence-corrected chi connectivity index (χ4v) is 3.76. The molecule has 3 saturated heterocycles. The number of hydrogen-bond acceptors (Lipinski definition) is 3. The van der Waals surface area contributed by atoms with Crippen LogP contribution in [0.5, 0.6) is 0 Å². The minimum absolute atomic E-state index is 0.536. The highest BCUT2D eigenvalue weighted by molar-refractivity contribution is 4.95. The van der Waals surface area contributed by atoms with E-state index in [-0.39, 0.29) is 0 Å². The van der Waals surface area contributed by atoms with Crippen molar-refractivity contribution < 1.29 is 4.74 Å². The van der Waals surface area contributed by atoms with E-state index in [9.17, 15) is 0 Å². The number of rotatable bonds is 4. The lowest BCUT2D eigenvalue weighted by Gasteiger charge is -2.34. The van der Waals surface area contributed by atoms with Gasteiger partial charge in [-0.3, -0.25) is 0 Å². The van der Waals surface area contributed by atoms with Crippen LogP contribution in [0, 0.1) is 0 Å². The number of likely N-dealkylation sites (tertiary alicyclic amines) is 1. The maximum absolute atomic E-state index is 5.91. The fourth-order valence-electron chi connectivity index (χ4n) is 3.76. The van der Waals surface area contributed by atoms with Crippen molar-refractivity contribution in [1.29, 1.82) is 0 Å². The standard InChI is InChI=1S/C14H26N2O/c1-2-7-16-8-5-11(6-9-16)15-13-10-12-3-4-14(13)17-12/h11-15H,2-10H2,1H3. The van der Waals surface area contributed by atoms with Crippen LogP contribution in [0.2, 0.25) is 0 Å². The van der Waals surface area contributed by atoms with E-state index in [0.29, 0.717) is 18.2 Å². The first kappa shape index (κ1) is 11.9. The quantitative estimate of drug-likeness (QED) is 0.808. The Labute approximate surface area is 105 Å². The Balaban J connectivity index is 1.42. The SMILES string of the molecule is CCCN1CCC(NC2CC3CCC2O3)CC1. The normalized spacial score (nSPS) is 39.0. The molecule has 17 heavy (non-hydrogen) atoms. The fraction of sp³-hybridized carbons (Fsp3) is 1.00. The van der Waals surface area contributed by atoms with Crippen molar-refractivity contribution in [2.45, 2.75) is 69.7 Å². The summed E-state index contributed by atoms with van der Waals surface area (Å²) in [5.41, 5.74) is 0. The molecule has 2 bridgehead atoms. The second-order valence-corrected chi connectivity index (χ2v) is 6.00. The van der Waals surface area contributed by atoms with Gasteiger partial charge >= 0.3 is 0 Å². The average Bonchev–Trinajstić information content (AvgIpc) is 2.94. The highest BCUT2D eigenvalue weighted by Crippen LogP contribution is 2.34. The lowest BCUT2D eigenvalue weighted by Crippen LogP contribution is -2.49. The average molecular weight is 238 g/mol. The number of ether oxygens (including phenoxy) is 1. The molecule has 0 spiro atoms. The zero-order valence-electron chi connectivity index (χ0n) is 11.0. The third kappa shape index (κ3) is 2.67. The van der Waals surface area contributed by atoms with Gasteiger partial charge in [-0.25, -0.2) is 0 Å². The maximum atomic E-state index is 5.91. The summed E-state index contributed by atoms with van der Waals surface area (Å²) in [6.07, 6.45) is 8.92. The highest BCUT2D eigenvalue weighted by atomic mass is 16.5. The third-order valence-electron chi connectivity index (χ3n) is 4.68. The number of fused-ring (bicyclic) bond motifs is 2. The minimum Gasteiger partial charge on any atom is -0.373 e. The lowest BCUT2D eigenvalue weighted by molar-refractivity contribution is 0.0934. The van der Waals surface area contributed by atoms with E-state index in [2.05, 4.69) is 17.1 Å². The van der Waals surface area contributed by atoms with Crippen molar-refractivity contribution in [3.63, 3.8) is 0 Å². The molecule has 98 valence electrons. The van der Waals surface area contributed by atoms with E-state index >= 15 is 0 Å². The van der Waals surface area contributed by atoms with Crippen molar-refractivity contribution in [3.8, 4) is 0 Å². The van der Waals surface area contributed by atoms with Crippen LogP contribution in [-0.4, -0.2) is 48.8 Å². The smallest absolute Gasteiger partial charge is 0.0733 e.